The summed E-state index contributed by atoms with van der Waals surface area (Å²) in [4.78, 5) is 22.9. The summed E-state index contributed by atoms with van der Waals surface area (Å²) in [5, 5.41) is 15.0. The quantitative estimate of drug-likeness (QED) is 0.644. The van der Waals surface area contributed by atoms with E-state index in [-0.39, 0.29) is 24.5 Å². The van der Waals surface area contributed by atoms with Crippen molar-refractivity contribution >= 4 is 11.9 Å². The van der Waals surface area contributed by atoms with Gasteiger partial charge in [0.15, 0.2) is 0 Å². The summed E-state index contributed by atoms with van der Waals surface area (Å²) in [5.41, 5.74) is -0.978. The minimum Gasteiger partial charge on any atom is -0.481 e. The van der Waals surface area contributed by atoms with Crippen LogP contribution >= 0.6 is 0 Å². The zero-order valence-corrected chi connectivity index (χ0v) is 12.1. The second-order valence-electron chi connectivity index (χ2n) is 5.67. The molecule has 0 saturated carbocycles. The number of carbonyl (C=O) groups excluding carboxylic acids is 1. The average Bonchev–Trinajstić information content (AvgIpc) is 2.27. The van der Waals surface area contributed by atoms with Gasteiger partial charge in [0.05, 0.1) is 12.0 Å². The predicted octanol–water partition coefficient (Wildman–Crippen LogP) is 1.38. The van der Waals surface area contributed by atoms with Crippen LogP contribution in [0.1, 0.15) is 47.5 Å². The summed E-state index contributed by atoms with van der Waals surface area (Å²) in [6.07, 6.45) is 1.01. The molecule has 0 bridgehead atoms. The largest absolute Gasteiger partial charge is 0.481 e. The van der Waals surface area contributed by atoms with E-state index in [0.29, 0.717) is 12.8 Å². The van der Waals surface area contributed by atoms with Crippen LogP contribution in [0.15, 0.2) is 0 Å². The van der Waals surface area contributed by atoms with E-state index < -0.39 is 11.4 Å². The van der Waals surface area contributed by atoms with Gasteiger partial charge < -0.3 is 15.7 Å². The SMILES string of the molecule is CCC(CC)(CNC(=O)CNC(C)(C)C)C(=O)O. The molecule has 0 unspecified atom stereocenters. The van der Waals surface area contributed by atoms with Crippen LogP contribution in [0.25, 0.3) is 0 Å². The van der Waals surface area contributed by atoms with Crippen molar-refractivity contribution in [2.45, 2.75) is 53.0 Å². The number of carboxylic acid groups (broad SMARTS) is 1. The van der Waals surface area contributed by atoms with E-state index in [4.69, 9.17) is 0 Å². The molecule has 0 atom stereocenters. The molecule has 0 spiro atoms. The van der Waals surface area contributed by atoms with Crippen LogP contribution in [0.4, 0.5) is 0 Å². The smallest absolute Gasteiger partial charge is 0.311 e. The Morgan fingerprint density at radius 3 is 1.94 bits per heavy atom. The van der Waals surface area contributed by atoms with E-state index in [2.05, 4.69) is 10.6 Å². The molecule has 0 aliphatic heterocycles. The summed E-state index contributed by atoms with van der Waals surface area (Å²) < 4.78 is 0. The fourth-order valence-corrected chi connectivity index (χ4v) is 1.55. The number of hydrogen-bond acceptors (Lipinski definition) is 3. The molecule has 5 nitrogen and oxygen atoms in total. The van der Waals surface area contributed by atoms with E-state index in [1.807, 2.05) is 34.6 Å². The average molecular weight is 258 g/mol. The number of nitrogens with one attached hydrogen (secondary N) is 2. The van der Waals surface area contributed by atoms with Gasteiger partial charge in [-0.2, -0.15) is 0 Å². The van der Waals surface area contributed by atoms with Crippen molar-refractivity contribution < 1.29 is 14.7 Å². The molecule has 1 amide bonds. The van der Waals surface area contributed by atoms with Gasteiger partial charge in [-0.05, 0) is 33.6 Å². The summed E-state index contributed by atoms with van der Waals surface area (Å²) >= 11 is 0. The maximum Gasteiger partial charge on any atom is 0.311 e. The Balaban J connectivity index is 4.29. The fourth-order valence-electron chi connectivity index (χ4n) is 1.55. The first-order chi connectivity index (χ1) is 8.17. The van der Waals surface area contributed by atoms with Gasteiger partial charge in [-0.3, -0.25) is 9.59 Å². The Bertz CT molecular complexity index is 291. The first-order valence-electron chi connectivity index (χ1n) is 6.42. The topological polar surface area (TPSA) is 78.4 Å². The summed E-state index contributed by atoms with van der Waals surface area (Å²) in [5.74, 6) is -1.02. The lowest BCUT2D eigenvalue weighted by Crippen LogP contribution is -2.47. The highest BCUT2D eigenvalue weighted by molar-refractivity contribution is 5.80. The van der Waals surface area contributed by atoms with E-state index >= 15 is 0 Å². The highest BCUT2D eigenvalue weighted by Gasteiger charge is 2.35. The van der Waals surface area contributed by atoms with Gasteiger partial charge in [0.2, 0.25) is 5.91 Å². The molecule has 0 rings (SSSR count). The van der Waals surface area contributed by atoms with E-state index in [0.717, 1.165) is 0 Å². The van der Waals surface area contributed by atoms with Crippen molar-refractivity contribution in [1.29, 1.82) is 0 Å². The van der Waals surface area contributed by atoms with E-state index in [1.165, 1.54) is 0 Å². The predicted molar refractivity (Wildman–Crippen MR) is 71.4 cm³/mol. The molecule has 106 valence electrons. The Morgan fingerprint density at radius 2 is 1.61 bits per heavy atom. The number of carbonyl (C=O) groups is 2. The molecule has 5 heteroatoms. The minimum atomic E-state index is -0.850. The van der Waals surface area contributed by atoms with Crippen LogP contribution in [-0.2, 0) is 9.59 Å². The lowest BCUT2D eigenvalue weighted by molar-refractivity contribution is -0.149. The normalized spacial score (nSPS) is 12.3. The monoisotopic (exact) mass is 258 g/mol. The maximum absolute atomic E-state index is 11.6. The van der Waals surface area contributed by atoms with Crippen molar-refractivity contribution in [2.75, 3.05) is 13.1 Å². The maximum atomic E-state index is 11.6. The summed E-state index contributed by atoms with van der Waals surface area (Å²) in [7, 11) is 0. The Morgan fingerprint density at radius 1 is 1.11 bits per heavy atom. The molecule has 0 fully saturated rings. The van der Waals surface area contributed by atoms with Crippen LogP contribution in [0.5, 0.6) is 0 Å². The Labute approximate surface area is 109 Å². The highest BCUT2D eigenvalue weighted by atomic mass is 16.4. The van der Waals surface area contributed by atoms with Gasteiger partial charge in [-0.25, -0.2) is 0 Å². The van der Waals surface area contributed by atoms with Crippen molar-refractivity contribution in [3.8, 4) is 0 Å². The molecule has 0 aromatic heterocycles. The standard InChI is InChI=1S/C13H26N2O3/c1-6-13(7-2,11(17)18)9-14-10(16)8-15-12(3,4)5/h15H,6-9H2,1-5H3,(H,14,16)(H,17,18). The van der Waals surface area contributed by atoms with Crippen LogP contribution in [0, 0.1) is 5.41 Å². The Kier molecular flexibility index (Phi) is 6.32. The molecule has 0 aliphatic carbocycles. The molecular formula is C13H26N2O3. The summed E-state index contributed by atoms with van der Waals surface area (Å²) in [6.45, 7) is 9.96. The van der Waals surface area contributed by atoms with Gasteiger partial charge in [0, 0.05) is 12.1 Å². The lowest BCUT2D eigenvalue weighted by Gasteiger charge is -2.27. The Hall–Kier alpha value is -1.10. The fraction of sp³-hybridized carbons (Fsp3) is 0.846. The number of aliphatic carboxylic acids is 1. The van der Waals surface area contributed by atoms with E-state index in [1.54, 1.807) is 0 Å². The molecule has 3 N–H and O–H groups in total. The number of amides is 1. The number of hydrogen-bond donors (Lipinski definition) is 3. The number of rotatable bonds is 7. The number of carboxylic acids is 1. The molecule has 0 radical (unpaired) electrons. The van der Waals surface area contributed by atoms with Gasteiger partial charge in [-0.1, -0.05) is 13.8 Å². The van der Waals surface area contributed by atoms with Crippen molar-refractivity contribution in [3.05, 3.63) is 0 Å². The molecule has 0 aromatic carbocycles. The lowest BCUT2D eigenvalue weighted by atomic mass is 9.82. The van der Waals surface area contributed by atoms with Crippen molar-refractivity contribution in [3.63, 3.8) is 0 Å². The van der Waals surface area contributed by atoms with Crippen LogP contribution in [-0.4, -0.2) is 35.6 Å². The highest BCUT2D eigenvalue weighted by Crippen LogP contribution is 2.25. The molecule has 0 saturated heterocycles. The third kappa shape index (κ3) is 5.49. The van der Waals surface area contributed by atoms with Gasteiger partial charge in [0.1, 0.15) is 0 Å². The zero-order valence-electron chi connectivity index (χ0n) is 12.1. The zero-order chi connectivity index (χ0) is 14.4. The molecule has 0 aromatic rings. The molecular weight excluding hydrogens is 232 g/mol. The van der Waals surface area contributed by atoms with Gasteiger partial charge >= 0.3 is 5.97 Å². The van der Waals surface area contributed by atoms with Crippen LogP contribution < -0.4 is 10.6 Å². The van der Waals surface area contributed by atoms with E-state index in [9.17, 15) is 14.7 Å². The molecule has 0 heterocycles. The van der Waals surface area contributed by atoms with Crippen molar-refractivity contribution in [1.82, 2.24) is 10.6 Å². The van der Waals surface area contributed by atoms with Gasteiger partial charge in [0.25, 0.3) is 0 Å². The molecule has 18 heavy (non-hydrogen) atoms. The molecule has 0 aliphatic rings. The third-order valence-electron chi connectivity index (χ3n) is 3.21. The first kappa shape index (κ1) is 16.9. The van der Waals surface area contributed by atoms with Crippen LogP contribution in [0.2, 0.25) is 0 Å². The first-order valence-corrected chi connectivity index (χ1v) is 6.42. The van der Waals surface area contributed by atoms with Crippen LogP contribution in [0.3, 0.4) is 0 Å². The second kappa shape index (κ2) is 6.73. The van der Waals surface area contributed by atoms with Gasteiger partial charge in [-0.15, -0.1) is 0 Å². The second-order valence-corrected chi connectivity index (χ2v) is 5.67. The summed E-state index contributed by atoms with van der Waals surface area (Å²) in [6, 6.07) is 0. The third-order valence-corrected chi connectivity index (χ3v) is 3.21. The van der Waals surface area contributed by atoms with Crippen molar-refractivity contribution in [2.24, 2.45) is 5.41 Å². The minimum absolute atomic E-state index is 0.128.